The molecule has 1 aromatic carbocycles. The first-order valence-corrected chi connectivity index (χ1v) is 10.4. The van der Waals surface area contributed by atoms with Crippen molar-refractivity contribution in [1.29, 1.82) is 0 Å². The number of ether oxygens (including phenoxy) is 1. The zero-order chi connectivity index (χ0) is 19.8. The lowest BCUT2D eigenvalue weighted by Crippen LogP contribution is -2.25. The molecule has 2 unspecified atom stereocenters. The average Bonchev–Trinajstić information content (AvgIpc) is 3.53. The summed E-state index contributed by atoms with van der Waals surface area (Å²) in [4.78, 5) is 16.1. The second-order valence-electron chi connectivity index (χ2n) is 8.23. The molecule has 2 saturated heterocycles. The second-order valence-corrected chi connectivity index (χ2v) is 8.23. The lowest BCUT2D eigenvalue weighted by Gasteiger charge is -2.26. The normalized spacial score (nSPS) is 24.4. The lowest BCUT2D eigenvalue weighted by atomic mass is 9.77. The van der Waals surface area contributed by atoms with E-state index >= 15 is 0 Å². The van der Waals surface area contributed by atoms with Gasteiger partial charge in [0.05, 0.1) is 24.5 Å². The summed E-state index contributed by atoms with van der Waals surface area (Å²) in [5, 5.41) is 11.7. The fraction of sp³-hybridized carbons (Fsp3) is 0.455. The van der Waals surface area contributed by atoms with Crippen molar-refractivity contribution in [3.8, 4) is 0 Å². The van der Waals surface area contributed by atoms with Gasteiger partial charge in [-0.1, -0.05) is 19.1 Å². The minimum Gasteiger partial charge on any atom is -0.380 e. The zero-order valence-corrected chi connectivity index (χ0v) is 16.7. The molecule has 0 spiro atoms. The molecule has 4 heterocycles. The minimum atomic E-state index is -0.152. The first-order chi connectivity index (χ1) is 14.2. The highest BCUT2D eigenvalue weighted by molar-refractivity contribution is 6.05. The monoisotopic (exact) mass is 393 g/mol. The maximum Gasteiger partial charge on any atom is 0.272 e. The number of amides is 1. The van der Waals surface area contributed by atoms with E-state index in [4.69, 9.17) is 4.74 Å². The van der Waals surface area contributed by atoms with Gasteiger partial charge in [-0.15, -0.1) is 0 Å². The van der Waals surface area contributed by atoms with E-state index in [1.165, 1.54) is 5.56 Å². The van der Waals surface area contributed by atoms with E-state index in [-0.39, 0.29) is 11.3 Å². The summed E-state index contributed by atoms with van der Waals surface area (Å²) in [5.41, 5.74) is 3.63. The molecule has 2 atom stereocenters. The van der Waals surface area contributed by atoms with Crippen molar-refractivity contribution in [1.82, 2.24) is 20.1 Å². The van der Waals surface area contributed by atoms with Crippen molar-refractivity contribution in [3.05, 3.63) is 47.9 Å². The molecule has 3 aromatic rings. The maximum absolute atomic E-state index is 12.8. The number of H-pyrrole nitrogens is 1. The Morgan fingerprint density at radius 1 is 1.41 bits per heavy atom. The summed E-state index contributed by atoms with van der Waals surface area (Å²) < 4.78 is 7.61. The van der Waals surface area contributed by atoms with E-state index in [2.05, 4.69) is 45.8 Å². The van der Waals surface area contributed by atoms with Crippen molar-refractivity contribution in [2.24, 2.45) is 0 Å². The van der Waals surface area contributed by atoms with Gasteiger partial charge in [0.25, 0.3) is 5.91 Å². The summed E-state index contributed by atoms with van der Waals surface area (Å²) in [7, 11) is 0. The largest absolute Gasteiger partial charge is 0.380 e. The van der Waals surface area contributed by atoms with Gasteiger partial charge in [-0.25, -0.2) is 0 Å². The quantitative estimate of drug-likeness (QED) is 0.621. The predicted molar refractivity (Wildman–Crippen MR) is 112 cm³/mol. The van der Waals surface area contributed by atoms with Crippen LogP contribution in [-0.4, -0.2) is 47.0 Å². The van der Waals surface area contributed by atoms with Gasteiger partial charge in [0.15, 0.2) is 0 Å². The van der Waals surface area contributed by atoms with Crippen molar-refractivity contribution in [3.63, 3.8) is 0 Å². The molecule has 0 radical (unpaired) electrons. The number of carbonyl (C=O) groups excluding carboxylic acids is 1. The third-order valence-electron chi connectivity index (χ3n) is 6.53. The number of nitrogens with zero attached hydrogens (tertiary/aromatic N) is 2. The van der Waals surface area contributed by atoms with Gasteiger partial charge in [0, 0.05) is 35.7 Å². The number of rotatable bonds is 5. The molecule has 3 N–H and O–H groups in total. The minimum absolute atomic E-state index is 0.0887. The molecule has 2 aliphatic heterocycles. The number of fused-ring (bicyclic) bond motifs is 1. The van der Waals surface area contributed by atoms with E-state index in [1.807, 2.05) is 16.9 Å². The molecule has 0 aliphatic carbocycles. The summed E-state index contributed by atoms with van der Waals surface area (Å²) in [5.74, 6) is -0.152. The highest BCUT2D eigenvalue weighted by Gasteiger charge is 2.35. The molecule has 7 nitrogen and oxygen atoms in total. The number of carbonyl (C=O) groups is 1. The van der Waals surface area contributed by atoms with Crippen LogP contribution in [0.25, 0.3) is 10.9 Å². The van der Waals surface area contributed by atoms with Crippen LogP contribution in [0.2, 0.25) is 0 Å². The molecular weight excluding hydrogens is 366 g/mol. The van der Waals surface area contributed by atoms with E-state index < -0.39 is 0 Å². The van der Waals surface area contributed by atoms with Crippen LogP contribution < -0.4 is 10.6 Å². The first kappa shape index (κ1) is 18.4. The standard InChI is InChI=1S/C22H27N5O2/c1-2-22(6-8-29-14-22)16-4-3-15-9-20(26-19(15)10-16)21(28)25-17-11-24-27(13-17)18-5-7-23-12-18/h3-4,9-11,13,18,23,26H,2,5-8,12,14H2,1H3,(H,25,28). The first-order valence-electron chi connectivity index (χ1n) is 10.4. The van der Waals surface area contributed by atoms with Gasteiger partial charge in [-0.3, -0.25) is 9.48 Å². The highest BCUT2D eigenvalue weighted by atomic mass is 16.5. The summed E-state index contributed by atoms with van der Waals surface area (Å²) in [6, 6.07) is 8.71. The molecule has 0 bridgehead atoms. The third kappa shape index (κ3) is 3.34. The fourth-order valence-electron chi connectivity index (χ4n) is 4.56. The van der Waals surface area contributed by atoms with E-state index in [9.17, 15) is 4.79 Å². The van der Waals surface area contributed by atoms with Crippen LogP contribution >= 0.6 is 0 Å². The van der Waals surface area contributed by atoms with Crippen LogP contribution in [0.3, 0.4) is 0 Å². The molecule has 1 amide bonds. The molecular formula is C22H27N5O2. The average molecular weight is 393 g/mol. The summed E-state index contributed by atoms with van der Waals surface area (Å²) in [6.07, 6.45) is 6.77. The number of hydrogen-bond acceptors (Lipinski definition) is 4. The van der Waals surface area contributed by atoms with Crippen molar-refractivity contribution in [2.75, 3.05) is 31.6 Å². The Balaban J connectivity index is 1.35. The van der Waals surface area contributed by atoms with E-state index in [0.717, 1.165) is 56.5 Å². The summed E-state index contributed by atoms with van der Waals surface area (Å²) in [6.45, 7) is 5.73. The van der Waals surface area contributed by atoms with Crippen LogP contribution in [0.5, 0.6) is 0 Å². The van der Waals surface area contributed by atoms with E-state index in [0.29, 0.717) is 17.4 Å². The smallest absolute Gasteiger partial charge is 0.272 e. The predicted octanol–water partition coefficient (Wildman–Crippen LogP) is 3.22. The SMILES string of the molecule is CCC1(c2ccc3cc(C(=O)Nc4cnn(C5CCNC5)c4)[nH]c3c2)CCOC1. The molecule has 0 saturated carbocycles. The van der Waals surface area contributed by atoms with Crippen LogP contribution in [0.15, 0.2) is 36.7 Å². The Kier molecular flexibility index (Phi) is 4.64. The highest BCUT2D eigenvalue weighted by Crippen LogP contribution is 2.37. The van der Waals surface area contributed by atoms with E-state index in [1.54, 1.807) is 6.20 Å². The van der Waals surface area contributed by atoms with Gasteiger partial charge >= 0.3 is 0 Å². The maximum atomic E-state index is 12.8. The molecule has 5 rings (SSSR count). The van der Waals surface area contributed by atoms with Crippen LogP contribution in [-0.2, 0) is 10.2 Å². The Labute approximate surface area is 169 Å². The van der Waals surface area contributed by atoms with Crippen LogP contribution in [0.4, 0.5) is 5.69 Å². The van der Waals surface area contributed by atoms with Crippen LogP contribution in [0, 0.1) is 0 Å². The van der Waals surface area contributed by atoms with Gasteiger partial charge < -0.3 is 20.4 Å². The number of hydrogen-bond donors (Lipinski definition) is 3. The molecule has 7 heteroatoms. The van der Waals surface area contributed by atoms with Gasteiger partial charge in [0.2, 0.25) is 0 Å². The zero-order valence-electron chi connectivity index (χ0n) is 16.7. The Morgan fingerprint density at radius 3 is 3.10 bits per heavy atom. The third-order valence-corrected chi connectivity index (χ3v) is 6.53. The molecule has 29 heavy (non-hydrogen) atoms. The number of aromatic amines is 1. The van der Waals surface area contributed by atoms with Crippen molar-refractivity contribution < 1.29 is 9.53 Å². The van der Waals surface area contributed by atoms with Gasteiger partial charge in [-0.05, 0) is 43.5 Å². The van der Waals surface area contributed by atoms with Crippen molar-refractivity contribution >= 4 is 22.5 Å². The van der Waals surface area contributed by atoms with Crippen molar-refractivity contribution in [2.45, 2.75) is 37.6 Å². The topological polar surface area (TPSA) is 84.0 Å². The number of benzene rings is 1. The number of nitrogens with one attached hydrogen (secondary N) is 3. The molecule has 152 valence electrons. The fourth-order valence-corrected chi connectivity index (χ4v) is 4.56. The van der Waals surface area contributed by atoms with Crippen LogP contribution in [0.1, 0.15) is 48.3 Å². The lowest BCUT2D eigenvalue weighted by molar-refractivity contribution is 0.102. The number of aromatic nitrogens is 3. The van der Waals surface area contributed by atoms with Gasteiger partial charge in [-0.2, -0.15) is 5.10 Å². The molecule has 2 aromatic heterocycles. The Hall–Kier alpha value is -2.64. The number of anilines is 1. The Bertz CT molecular complexity index is 1020. The summed E-state index contributed by atoms with van der Waals surface area (Å²) >= 11 is 0. The van der Waals surface area contributed by atoms with Gasteiger partial charge in [0.1, 0.15) is 5.69 Å². The molecule has 2 fully saturated rings. The second kappa shape index (κ2) is 7.31. The molecule has 2 aliphatic rings. The Morgan fingerprint density at radius 2 is 2.34 bits per heavy atom.